The molecule has 0 aromatic carbocycles. The maximum atomic E-state index is 13.3. The zero-order valence-corrected chi connectivity index (χ0v) is 54.5. The molecule has 0 spiro atoms. The van der Waals surface area contributed by atoms with Crippen molar-refractivity contribution in [1.29, 1.82) is 0 Å². The van der Waals surface area contributed by atoms with Crippen molar-refractivity contribution >= 4 is 104 Å². The normalized spacial score (nSPS) is 13.2. The lowest BCUT2D eigenvalue weighted by Crippen LogP contribution is -2.52. The number of esters is 1. The smallest absolute Gasteiger partial charge is 0.329 e. The Morgan fingerprint density at radius 3 is 1.60 bits per heavy atom. The predicted octanol–water partition coefficient (Wildman–Crippen LogP) is 11.5. The second-order valence-electron chi connectivity index (χ2n) is 19.5. The lowest BCUT2D eigenvalue weighted by Gasteiger charge is -2.37. The van der Waals surface area contributed by atoms with Gasteiger partial charge in [-0.3, -0.25) is 24.5 Å². The molecule has 10 rings (SSSR count). The number of carbonyl (C=O) groups is 3. The van der Waals surface area contributed by atoms with Crippen LogP contribution in [0.25, 0.3) is 45.1 Å². The molecule has 9 aromatic rings. The molecule has 1 fully saturated rings. The van der Waals surface area contributed by atoms with Crippen LogP contribution in [0.15, 0.2) is 86.2 Å². The first-order valence-corrected chi connectivity index (χ1v) is 29.9. The molecule has 0 bridgehead atoms. The number of carbonyl (C=O) groups excluding carboxylic acids is 3. The largest absolute Gasteiger partial charge is 0.466 e. The van der Waals surface area contributed by atoms with Gasteiger partial charge in [0, 0.05) is 108 Å². The van der Waals surface area contributed by atoms with E-state index in [0.717, 1.165) is 70.5 Å². The van der Waals surface area contributed by atoms with Crippen LogP contribution in [0.4, 0.5) is 28.7 Å². The summed E-state index contributed by atoms with van der Waals surface area (Å²) in [6.07, 6.45) is 18.0. The number of anilines is 4. The Bertz CT molecular complexity index is 3780. The number of ether oxygens (including phenoxy) is 2. The molecule has 30 heteroatoms. The van der Waals surface area contributed by atoms with Gasteiger partial charge >= 0.3 is 11.7 Å². The number of nitro groups is 1. The number of nitrogens with one attached hydrogen (secondary N) is 3. The minimum Gasteiger partial charge on any atom is -0.466 e. The number of imidazole rings is 2. The number of pyridine rings is 4. The van der Waals surface area contributed by atoms with E-state index in [0.29, 0.717) is 83.5 Å². The number of hydrogen-bond donors (Lipinski definition) is 4. The van der Waals surface area contributed by atoms with Gasteiger partial charge in [-0.15, -0.1) is 0 Å². The molecule has 486 valence electrons. The standard InChI is InChI=1S/C23H31N7O2.C13H12ClN5.C7H8ClN3O2.C7H10ClN3.C6H6N2O.C4H8O2.CH4/c1-6-18(23(31)29-12-14(3)32-15(4)13-29)27-19-8-9-24-22-20(19)28-21(30(22)7-2)17-10-25-16(5)26-11-17;1-3-19-12(9-6-16-8(2)17-7-9)18-11-10(14)4-5-15-13(11)19;1-2-9-7-6(11(12)13)5(8)3-4-10-7;1-2-10-7-6(9)5(8)3-4-11-7;1-5-7-2-6(4-9)3-8-5;1-3-6-4(2)5;/h8-11,14-15,18H,6-7,12-13H2,1-5H3,(H,24,27);4-7H,3H2,1-2H3;3-4H,2H2,1H3,(H,9,10);3-4H,2,9H2,1H3,(H,10,11);2-4H,1H3;3H2,1-2H3;1H4/t14-,15+,18-;;;;;;/m0....../s1. The molecule has 27 nitrogen and oxygen atoms in total. The lowest BCUT2D eigenvalue weighted by molar-refractivity contribution is -0.384. The summed E-state index contributed by atoms with van der Waals surface area (Å²) < 4.78 is 14.2. The van der Waals surface area contributed by atoms with E-state index in [4.69, 9.17) is 50.3 Å². The van der Waals surface area contributed by atoms with Crippen LogP contribution in [0, 0.1) is 30.9 Å². The highest BCUT2D eigenvalue weighted by atomic mass is 35.5. The van der Waals surface area contributed by atoms with Crippen molar-refractivity contribution in [1.82, 2.24) is 73.8 Å². The van der Waals surface area contributed by atoms with Crippen LogP contribution in [0.3, 0.4) is 0 Å². The Balaban J connectivity index is 0.000000255. The number of aldehydes is 1. The van der Waals surface area contributed by atoms with E-state index in [1.54, 1.807) is 69.4 Å². The average Bonchev–Trinajstić information content (AvgIpc) is 1.66. The molecule has 5 N–H and O–H groups in total. The van der Waals surface area contributed by atoms with Gasteiger partial charge in [0.05, 0.1) is 61.8 Å². The molecular weight excluding hydrogens is 1230 g/mol. The number of rotatable bonds is 15. The van der Waals surface area contributed by atoms with Gasteiger partial charge < -0.3 is 45.2 Å². The van der Waals surface area contributed by atoms with E-state index in [-0.39, 0.29) is 54.1 Å². The highest BCUT2D eigenvalue weighted by Crippen LogP contribution is 2.32. The Kier molecular flexibility index (Phi) is 30.3. The van der Waals surface area contributed by atoms with Crippen molar-refractivity contribution in [3.05, 3.63) is 134 Å². The number of fused-ring (bicyclic) bond motifs is 2. The Morgan fingerprint density at radius 2 is 1.14 bits per heavy atom. The maximum Gasteiger partial charge on any atom is 0.329 e. The molecule has 10 heterocycles. The quantitative estimate of drug-likeness (QED) is 0.0320. The summed E-state index contributed by atoms with van der Waals surface area (Å²) in [4.78, 5) is 95.9. The van der Waals surface area contributed by atoms with E-state index in [1.807, 2.05) is 75.5 Å². The Morgan fingerprint density at radius 1 is 0.692 bits per heavy atom. The third-order valence-electron chi connectivity index (χ3n) is 12.7. The van der Waals surface area contributed by atoms with Crippen molar-refractivity contribution < 1.29 is 28.8 Å². The summed E-state index contributed by atoms with van der Waals surface area (Å²) in [5, 5.41) is 21.0. The van der Waals surface area contributed by atoms with Crippen molar-refractivity contribution in [2.24, 2.45) is 0 Å². The summed E-state index contributed by atoms with van der Waals surface area (Å²) in [7, 11) is 0. The van der Waals surface area contributed by atoms with Crippen LogP contribution in [0.5, 0.6) is 0 Å². The molecule has 0 radical (unpaired) electrons. The number of hydrogen-bond acceptors (Lipinski definition) is 23. The second kappa shape index (κ2) is 37.1. The van der Waals surface area contributed by atoms with Gasteiger partial charge in [0.15, 0.2) is 23.4 Å². The van der Waals surface area contributed by atoms with Gasteiger partial charge in [-0.1, -0.05) is 49.2 Å². The number of halogens is 3. The number of morpholine rings is 1. The van der Waals surface area contributed by atoms with Gasteiger partial charge in [-0.25, -0.2) is 59.8 Å². The molecule has 91 heavy (non-hydrogen) atoms. The van der Waals surface area contributed by atoms with Crippen molar-refractivity contribution in [3.63, 3.8) is 0 Å². The number of nitrogen functional groups attached to an aromatic ring is 1. The molecule has 1 saturated heterocycles. The van der Waals surface area contributed by atoms with Gasteiger partial charge in [-0.2, -0.15) is 0 Å². The number of aromatic nitrogens is 14. The highest BCUT2D eigenvalue weighted by Gasteiger charge is 2.31. The molecule has 3 atom stereocenters. The fraction of sp³-hybridized carbons (Fsp3) is 0.393. The Labute approximate surface area is 544 Å². The fourth-order valence-corrected chi connectivity index (χ4v) is 9.15. The van der Waals surface area contributed by atoms with E-state index in [9.17, 15) is 24.5 Å². The lowest BCUT2D eigenvalue weighted by atomic mass is 10.1. The van der Waals surface area contributed by atoms with E-state index in [1.165, 1.54) is 31.6 Å². The van der Waals surface area contributed by atoms with Crippen LogP contribution < -0.4 is 21.7 Å². The third-order valence-corrected chi connectivity index (χ3v) is 13.6. The van der Waals surface area contributed by atoms with E-state index >= 15 is 0 Å². The Hall–Kier alpha value is -9.18. The summed E-state index contributed by atoms with van der Waals surface area (Å²) in [5.41, 5.74) is 12.0. The molecule has 9 aromatic heterocycles. The monoisotopic (exact) mass is 1310 g/mol. The van der Waals surface area contributed by atoms with Crippen LogP contribution >= 0.6 is 34.8 Å². The number of amides is 1. The van der Waals surface area contributed by atoms with Crippen LogP contribution in [0.1, 0.15) is 104 Å². The van der Waals surface area contributed by atoms with Crippen molar-refractivity contribution in [2.75, 3.05) is 54.5 Å². The summed E-state index contributed by atoms with van der Waals surface area (Å²) >= 11 is 17.5. The van der Waals surface area contributed by atoms with Crippen molar-refractivity contribution in [3.8, 4) is 22.8 Å². The number of aryl methyl sites for hydroxylation is 5. The first-order chi connectivity index (χ1) is 43.1. The van der Waals surface area contributed by atoms with Crippen LogP contribution in [-0.2, 0) is 32.2 Å². The third kappa shape index (κ3) is 21.2. The topological polar surface area (TPSA) is 343 Å². The minimum atomic E-state index is -0.548. The zero-order chi connectivity index (χ0) is 66.0. The summed E-state index contributed by atoms with van der Waals surface area (Å²) in [6, 6.07) is 6.33. The summed E-state index contributed by atoms with van der Waals surface area (Å²) in [6.45, 7) is 27.1. The molecule has 0 unspecified atom stereocenters. The fourth-order valence-electron chi connectivity index (χ4n) is 8.61. The molecule has 1 aliphatic rings. The second-order valence-corrected chi connectivity index (χ2v) is 20.7. The number of nitrogens with zero attached hydrogens (tertiary/aromatic N) is 16. The van der Waals surface area contributed by atoms with Gasteiger partial charge in [-0.05, 0) is 99.9 Å². The maximum absolute atomic E-state index is 13.3. The van der Waals surface area contributed by atoms with Crippen molar-refractivity contribution in [2.45, 2.75) is 128 Å². The predicted molar refractivity (Wildman–Crippen MR) is 356 cm³/mol. The van der Waals surface area contributed by atoms with E-state index < -0.39 is 4.92 Å². The minimum absolute atomic E-state index is 0. The van der Waals surface area contributed by atoms with Crippen LogP contribution in [-0.4, -0.2) is 148 Å². The molecule has 0 saturated carbocycles. The SMILES string of the molecule is C.CCNc1nccc(Cl)c1N.CCNc1nccc(Cl)c1[N+](=O)[O-].CCOC(C)=O.CC[C@H](Nc1ccnc2c1nc(-c1cnc(C)nc1)n2CC)C(=O)N1C[C@@H](C)O[C@@H](C)C1.CCn1c(-c2cnc(C)nc2)nc2c(Cl)ccnc21.Cc1ncc(C=O)cn1. The number of nitrogens with two attached hydrogens (primary N) is 1. The van der Waals surface area contributed by atoms with E-state index in [2.05, 4.69) is 82.4 Å². The zero-order valence-electron chi connectivity index (χ0n) is 52.3. The molecule has 1 amide bonds. The molecule has 0 aliphatic carbocycles. The first-order valence-electron chi connectivity index (χ1n) is 28.8. The van der Waals surface area contributed by atoms with Gasteiger partial charge in [0.25, 0.3) is 0 Å². The first kappa shape index (κ1) is 74.3. The van der Waals surface area contributed by atoms with Gasteiger partial charge in [0.2, 0.25) is 11.7 Å². The average molecular weight is 1310 g/mol. The van der Waals surface area contributed by atoms with Crippen LogP contribution in [0.2, 0.25) is 15.1 Å². The molecule has 1 aliphatic heterocycles. The highest BCUT2D eigenvalue weighted by molar-refractivity contribution is 6.35. The summed E-state index contributed by atoms with van der Waals surface area (Å²) in [5.74, 6) is 4.42. The molecular formula is C61H79Cl3N20O7. The van der Waals surface area contributed by atoms with Gasteiger partial charge in [0.1, 0.15) is 51.2 Å².